The van der Waals surface area contributed by atoms with Crippen LogP contribution in [-0.2, 0) is 0 Å². The van der Waals surface area contributed by atoms with Crippen molar-refractivity contribution in [3.8, 4) is 11.3 Å². The van der Waals surface area contributed by atoms with Gasteiger partial charge >= 0.3 is 0 Å². The first-order chi connectivity index (χ1) is 16.8. The number of furan rings is 2. The van der Waals surface area contributed by atoms with Crippen LogP contribution in [0.1, 0.15) is 0 Å². The Morgan fingerprint density at radius 3 is 2.29 bits per heavy atom. The van der Waals surface area contributed by atoms with Crippen LogP contribution in [0.2, 0.25) is 0 Å². The second-order valence-corrected chi connectivity index (χ2v) is 8.78. The highest BCUT2D eigenvalue weighted by Gasteiger charge is 2.14. The number of aromatic nitrogens is 1. The third kappa shape index (κ3) is 2.38. The first kappa shape index (κ1) is 17.9. The van der Waals surface area contributed by atoms with E-state index in [1.54, 1.807) is 0 Å². The van der Waals surface area contributed by atoms with Crippen LogP contribution in [0.5, 0.6) is 0 Å². The molecule has 34 heavy (non-hydrogen) atoms. The largest absolute Gasteiger partial charge is 0.456 e. The lowest BCUT2D eigenvalue weighted by molar-refractivity contribution is 0.669. The molecule has 5 aromatic carbocycles. The molecule has 0 aliphatic heterocycles. The molecule has 0 N–H and O–H groups in total. The van der Waals surface area contributed by atoms with Gasteiger partial charge < -0.3 is 8.83 Å². The summed E-state index contributed by atoms with van der Waals surface area (Å²) in [6.07, 6.45) is 0. The third-order valence-electron chi connectivity index (χ3n) is 6.87. The van der Waals surface area contributed by atoms with E-state index in [1.807, 2.05) is 30.3 Å². The molecule has 0 atom stereocenters. The van der Waals surface area contributed by atoms with Crippen LogP contribution < -0.4 is 0 Å². The van der Waals surface area contributed by atoms with E-state index < -0.39 is 0 Å². The molecule has 0 saturated heterocycles. The van der Waals surface area contributed by atoms with Gasteiger partial charge in [-0.2, -0.15) is 0 Å². The Kier molecular flexibility index (Phi) is 3.39. The Bertz CT molecular complexity index is 2070. The predicted molar refractivity (Wildman–Crippen MR) is 139 cm³/mol. The number of fused-ring (bicyclic) bond motifs is 10. The first-order valence-electron chi connectivity index (χ1n) is 11.4. The maximum Gasteiger partial charge on any atom is 0.143 e. The Hall–Kier alpha value is -4.63. The Morgan fingerprint density at radius 2 is 1.32 bits per heavy atom. The van der Waals surface area contributed by atoms with Crippen LogP contribution in [0.15, 0.2) is 112 Å². The molecule has 0 amide bonds. The van der Waals surface area contributed by atoms with Crippen molar-refractivity contribution >= 4 is 65.6 Å². The fourth-order valence-electron chi connectivity index (χ4n) is 5.25. The van der Waals surface area contributed by atoms with Gasteiger partial charge in [0.15, 0.2) is 0 Å². The van der Waals surface area contributed by atoms with Gasteiger partial charge in [0.1, 0.15) is 22.3 Å². The van der Waals surface area contributed by atoms with Crippen molar-refractivity contribution < 1.29 is 8.83 Å². The maximum absolute atomic E-state index is 6.37. The second kappa shape index (κ2) is 6.46. The van der Waals surface area contributed by atoms with Crippen LogP contribution in [0.25, 0.3) is 76.8 Å². The molecule has 8 rings (SSSR count). The summed E-state index contributed by atoms with van der Waals surface area (Å²) >= 11 is 0. The monoisotopic (exact) mass is 435 g/mol. The number of nitrogens with zero attached hydrogens (tertiary/aromatic N) is 1. The number of para-hydroxylation sites is 1. The molecule has 8 aromatic rings. The molecule has 0 bridgehead atoms. The van der Waals surface area contributed by atoms with Gasteiger partial charge in [-0.1, -0.05) is 54.6 Å². The minimum absolute atomic E-state index is 0.877. The van der Waals surface area contributed by atoms with Gasteiger partial charge in [0.05, 0.1) is 11.2 Å². The van der Waals surface area contributed by atoms with Gasteiger partial charge in [-0.05, 0) is 53.9 Å². The molecule has 158 valence electrons. The van der Waals surface area contributed by atoms with Gasteiger partial charge in [0.2, 0.25) is 0 Å². The van der Waals surface area contributed by atoms with Crippen molar-refractivity contribution in [1.29, 1.82) is 0 Å². The average Bonchev–Trinajstić information content (AvgIpc) is 3.46. The normalized spacial score (nSPS) is 12.1. The van der Waals surface area contributed by atoms with Crippen LogP contribution in [-0.4, -0.2) is 4.98 Å². The van der Waals surface area contributed by atoms with Crippen molar-refractivity contribution in [2.75, 3.05) is 0 Å². The van der Waals surface area contributed by atoms with Crippen molar-refractivity contribution in [3.63, 3.8) is 0 Å². The lowest BCUT2D eigenvalue weighted by atomic mass is 10.0. The van der Waals surface area contributed by atoms with Crippen molar-refractivity contribution in [2.24, 2.45) is 0 Å². The summed E-state index contributed by atoms with van der Waals surface area (Å²) in [5.74, 6) is 0. The zero-order valence-electron chi connectivity index (χ0n) is 18.1. The molecule has 0 saturated carbocycles. The van der Waals surface area contributed by atoms with Crippen molar-refractivity contribution in [3.05, 3.63) is 103 Å². The highest BCUT2D eigenvalue weighted by atomic mass is 16.3. The van der Waals surface area contributed by atoms with Crippen molar-refractivity contribution in [2.45, 2.75) is 0 Å². The quantitative estimate of drug-likeness (QED) is 0.258. The van der Waals surface area contributed by atoms with E-state index >= 15 is 0 Å². The van der Waals surface area contributed by atoms with Gasteiger partial charge in [-0.15, -0.1) is 0 Å². The minimum atomic E-state index is 0.877. The molecule has 3 nitrogen and oxygen atoms in total. The lowest BCUT2D eigenvalue weighted by Crippen LogP contribution is -1.86. The average molecular weight is 435 g/mol. The summed E-state index contributed by atoms with van der Waals surface area (Å²) in [6, 6.07) is 35.5. The van der Waals surface area contributed by atoms with Gasteiger partial charge in [-0.3, -0.25) is 0 Å². The SMILES string of the molecule is c1ccc2c(c1)ccc1c3ccc(-c4ccc5c(ccc6oc7ccccc7c65)n4)cc3oc21. The maximum atomic E-state index is 6.37. The number of benzene rings is 5. The van der Waals surface area contributed by atoms with E-state index in [2.05, 4.69) is 72.8 Å². The van der Waals surface area contributed by atoms with Gasteiger partial charge in [0.25, 0.3) is 0 Å². The number of hydrogen-bond donors (Lipinski definition) is 0. The fraction of sp³-hybridized carbons (Fsp3) is 0. The summed E-state index contributed by atoms with van der Waals surface area (Å²) in [7, 11) is 0. The van der Waals surface area contributed by atoms with Gasteiger partial charge in [0, 0.05) is 37.9 Å². The molecule has 0 spiro atoms. The van der Waals surface area contributed by atoms with E-state index in [4.69, 9.17) is 13.8 Å². The van der Waals surface area contributed by atoms with E-state index in [-0.39, 0.29) is 0 Å². The lowest BCUT2D eigenvalue weighted by Gasteiger charge is -2.04. The Labute approximate surface area is 193 Å². The summed E-state index contributed by atoms with van der Waals surface area (Å²) in [5.41, 5.74) is 6.51. The van der Waals surface area contributed by atoms with E-state index in [1.165, 1.54) is 5.39 Å². The molecule has 3 aromatic heterocycles. The third-order valence-corrected chi connectivity index (χ3v) is 6.87. The predicted octanol–water partition coefficient (Wildman–Crippen LogP) is 8.85. The highest BCUT2D eigenvalue weighted by molar-refractivity contribution is 6.18. The molecule has 0 aliphatic rings. The molecule has 0 fully saturated rings. The zero-order chi connectivity index (χ0) is 22.2. The first-order valence-corrected chi connectivity index (χ1v) is 11.4. The Morgan fingerprint density at radius 1 is 0.500 bits per heavy atom. The van der Waals surface area contributed by atoms with Crippen molar-refractivity contribution in [1.82, 2.24) is 4.98 Å². The molecule has 0 radical (unpaired) electrons. The molecular formula is C31H17NO2. The smallest absolute Gasteiger partial charge is 0.143 e. The van der Waals surface area contributed by atoms with E-state index in [0.29, 0.717) is 0 Å². The fourth-order valence-corrected chi connectivity index (χ4v) is 5.25. The highest BCUT2D eigenvalue weighted by Crippen LogP contribution is 2.37. The molecule has 3 heterocycles. The number of rotatable bonds is 1. The van der Waals surface area contributed by atoms with Crippen LogP contribution in [0.4, 0.5) is 0 Å². The summed E-state index contributed by atoms with van der Waals surface area (Å²) in [4.78, 5) is 5.01. The minimum Gasteiger partial charge on any atom is -0.456 e. The molecule has 3 heteroatoms. The molecule has 0 unspecified atom stereocenters. The van der Waals surface area contributed by atoms with Crippen LogP contribution in [0.3, 0.4) is 0 Å². The van der Waals surface area contributed by atoms with Gasteiger partial charge in [-0.25, -0.2) is 4.98 Å². The topological polar surface area (TPSA) is 39.2 Å². The molecular weight excluding hydrogens is 418 g/mol. The van der Waals surface area contributed by atoms with E-state index in [9.17, 15) is 0 Å². The van der Waals surface area contributed by atoms with E-state index in [0.717, 1.165) is 71.4 Å². The molecule has 0 aliphatic carbocycles. The Balaban J connectivity index is 1.33. The summed E-state index contributed by atoms with van der Waals surface area (Å²) in [5, 5.41) is 7.92. The standard InChI is InChI=1S/C31H17NO2/c1-2-6-20-18(5-1)9-12-22-21-11-10-19(17-29(21)34-31(20)22)25-14-13-23-26(32-25)15-16-28-30(23)24-7-3-4-8-27(24)33-28/h1-17H. The summed E-state index contributed by atoms with van der Waals surface area (Å²) in [6.45, 7) is 0. The number of pyridine rings is 1. The number of hydrogen-bond acceptors (Lipinski definition) is 3. The summed E-state index contributed by atoms with van der Waals surface area (Å²) < 4.78 is 12.4. The van der Waals surface area contributed by atoms with Crippen LogP contribution in [0, 0.1) is 0 Å². The zero-order valence-corrected chi connectivity index (χ0v) is 18.1. The second-order valence-electron chi connectivity index (χ2n) is 8.78. The van der Waals surface area contributed by atoms with Crippen LogP contribution >= 0.6 is 0 Å².